The van der Waals surface area contributed by atoms with Gasteiger partial charge < -0.3 is 10.1 Å². The molecule has 1 aromatic rings. The van der Waals surface area contributed by atoms with Crippen LogP contribution in [0.5, 0.6) is 0 Å². The number of carbonyl (C=O) groups excluding carboxylic acids is 1. The SMILES string of the molecule is CC(C)N1CCO[C@H](C(=O)N[C@@H]2[C@@H]3Cc4ccccc4[C@H]32)C1. The molecule has 4 atom stereocenters. The van der Waals surface area contributed by atoms with Gasteiger partial charge in [-0.3, -0.25) is 9.69 Å². The van der Waals surface area contributed by atoms with E-state index in [-0.39, 0.29) is 12.0 Å². The van der Waals surface area contributed by atoms with Gasteiger partial charge in [-0.25, -0.2) is 0 Å². The largest absolute Gasteiger partial charge is 0.366 e. The van der Waals surface area contributed by atoms with Gasteiger partial charge in [0, 0.05) is 31.1 Å². The zero-order chi connectivity index (χ0) is 15.3. The van der Waals surface area contributed by atoms with E-state index in [1.807, 2.05) is 0 Å². The van der Waals surface area contributed by atoms with E-state index in [9.17, 15) is 4.79 Å². The maximum atomic E-state index is 12.5. The van der Waals surface area contributed by atoms with Gasteiger partial charge in [-0.05, 0) is 37.3 Å². The fraction of sp³-hybridized carbons (Fsp3) is 0.611. The fourth-order valence-electron chi connectivity index (χ4n) is 4.10. The summed E-state index contributed by atoms with van der Waals surface area (Å²) in [6.07, 6.45) is 0.794. The smallest absolute Gasteiger partial charge is 0.250 e. The molecule has 4 nitrogen and oxygen atoms in total. The maximum Gasteiger partial charge on any atom is 0.250 e. The van der Waals surface area contributed by atoms with Gasteiger partial charge in [0.1, 0.15) is 6.10 Å². The molecule has 2 aliphatic carbocycles. The molecule has 118 valence electrons. The van der Waals surface area contributed by atoms with Gasteiger partial charge in [0.05, 0.1) is 6.61 Å². The summed E-state index contributed by atoms with van der Waals surface area (Å²) in [6, 6.07) is 9.41. The minimum atomic E-state index is -0.312. The lowest BCUT2D eigenvalue weighted by atomic mass is 10.1. The van der Waals surface area contributed by atoms with Crippen LogP contribution in [0.2, 0.25) is 0 Å². The number of morpholine rings is 1. The van der Waals surface area contributed by atoms with Crippen LogP contribution < -0.4 is 5.32 Å². The lowest BCUT2D eigenvalue weighted by Gasteiger charge is -2.34. The number of amides is 1. The molecule has 3 aliphatic rings. The summed E-state index contributed by atoms with van der Waals surface area (Å²) in [4.78, 5) is 14.8. The lowest BCUT2D eigenvalue weighted by molar-refractivity contribution is -0.139. The average molecular weight is 300 g/mol. The third kappa shape index (κ3) is 2.34. The van der Waals surface area contributed by atoms with Crippen LogP contribution in [0.1, 0.15) is 30.9 Å². The zero-order valence-electron chi connectivity index (χ0n) is 13.3. The predicted octanol–water partition coefficient (Wildman–Crippen LogP) is 1.55. The van der Waals surface area contributed by atoms with Crippen LogP contribution in [0.25, 0.3) is 0 Å². The van der Waals surface area contributed by atoms with E-state index in [0.29, 0.717) is 37.1 Å². The molecule has 1 amide bonds. The van der Waals surface area contributed by atoms with Crippen LogP contribution in [0.3, 0.4) is 0 Å². The molecule has 22 heavy (non-hydrogen) atoms. The van der Waals surface area contributed by atoms with Crippen LogP contribution in [0, 0.1) is 5.92 Å². The summed E-state index contributed by atoms with van der Waals surface area (Å²) in [7, 11) is 0. The van der Waals surface area contributed by atoms with Crippen molar-refractivity contribution < 1.29 is 9.53 Å². The normalized spacial score (nSPS) is 33.4. The standard InChI is InChI=1S/C18H24N2O2/c1-11(2)20-7-8-22-15(10-20)18(21)19-17-14-9-12-5-3-4-6-13(12)16(14)17/h3-6,11,14-17H,7-10H2,1-2H3,(H,19,21)/t14-,15+,16-,17-/m1/s1. The van der Waals surface area contributed by atoms with Crippen LogP contribution in [-0.2, 0) is 16.0 Å². The van der Waals surface area contributed by atoms with E-state index in [1.54, 1.807) is 0 Å². The molecule has 0 unspecified atom stereocenters. The maximum absolute atomic E-state index is 12.5. The third-order valence-electron chi connectivity index (χ3n) is 5.47. The van der Waals surface area contributed by atoms with Gasteiger partial charge in [0.15, 0.2) is 0 Å². The Morgan fingerprint density at radius 1 is 1.36 bits per heavy atom. The Hall–Kier alpha value is -1.39. The van der Waals surface area contributed by atoms with Crippen molar-refractivity contribution in [3.05, 3.63) is 35.4 Å². The molecule has 2 fully saturated rings. The number of fused-ring (bicyclic) bond motifs is 3. The van der Waals surface area contributed by atoms with Crippen molar-refractivity contribution in [2.75, 3.05) is 19.7 Å². The molecule has 0 spiro atoms. The highest BCUT2D eigenvalue weighted by Gasteiger charge is 2.56. The van der Waals surface area contributed by atoms with Gasteiger partial charge in [-0.2, -0.15) is 0 Å². The van der Waals surface area contributed by atoms with Crippen molar-refractivity contribution in [2.45, 2.75) is 44.4 Å². The Balaban J connectivity index is 1.37. The van der Waals surface area contributed by atoms with Crippen molar-refractivity contribution in [1.82, 2.24) is 10.2 Å². The molecular formula is C18H24N2O2. The van der Waals surface area contributed by atoms with E-state index in [2.05, 4.69) is 48.3 Å². The van der Waals surface area contributed by atoms with Crippen molar-refractivity contribution in [3.8, 4) is 0 Å². The van der Waals surface area contributed by atoms with E-state index in [1.165, 1.54) is 11.1 Å². The number of benzene rings is 1. The first kappa shape index (κ1) is 14.2. The summed E-state index contributed by atoms with van der Waals surface area (Å²) in [5.41, 5.74) is 2.90. The van der Waals surface area contributed by atoms with Gasteiger partial charge in [-0.1, -0.05) is 24.3 Å². The summed E-state index contributed by atoms with van der Waals surface area (Å²) in [6.45, 7) is 6.62. The Labute approximate surface area is 131 Å². The number of rotatable bonds is 3. The average Bonchev–Trinajstić information content (AvgIpc) is 3.04. The molecule has 4 rings (SSSR count). The first-order valence-corrected chi connectivity index (χ1v) is 8.39. The number of nitrogens with one attached hydrogen (secondary N) is 1. The van der Waals surface area contributed by atoms with Gasteiger partial charge in [-0.15, -0.1) is 0 Å². The number of hydrogen-bond donors (Lipinski definition) is 1. The number of carbonyl (C=O) groups is 1. The van der Waals surface area contributed by atoms with Crippen LogP contribution >= 0.6 is 0 Å². The summed E-state index contributed by atoms with van der Waals surface area (Å²) in [5, 5.41) is 3.24. The first-order valence-electron chi connectivity index (χ1n) is 8.39. The number of nitrogens with zero attached hydrogens (tertiary/aromatic N) is 1. The third-order valence-corrected chi connectivity index (χ3v) is 5.47. The predicted molar refractivity (Wildman–Crippen MR) is 84.8 cm³/mol. The summed E-state index contributed by atoms with van der Waals surface area (Å²) in [5.74, 6) is 1.21. The van der Waals surface area contributed by atoms with E-state index in [0.717, 1.165) is 13.0 Å². The minimum Gasteiger partial charge on any atom is -0.366 e. The van der Waals surface area contributed by atoms with E-state index in [4.69, 9.17) is 4.74 Å². The van der Waals surface area contributed by atoms with Crippen molar-refractivity contribution in [1.29, 1.82) is 0 Å². The fourth-order valence-corrected chi connectivity index (χ4v) is 4.10. The molecule has 1 aliphatic heterocycles. The summed E-state index contributed by atoms with van der Waals surface area (Å²) < 4.78 is 5.69. The number of ether oxygens (including phenoxy) is 1. The summed E-state index contributed by atoms with van der Waals surface area (Å²) >= 11 is 0. The van der Waals surface area contributed by atoms with Crippen molar-refractivity contribution in [2.24, 2.45) is 5.92 Å². The van der Waals surface area contributed by atoms with Crippen LogP contribution in [-0.4, -0.2) is 48.7 Å². The highest BCUT2D eigenvalue weighted by Crippen LogP contribution is 2.56. The Morgan fingerprint density at radius 2 is 2.18 bits per heavy atom. The molecule has 0 radical (unpaired) electrons. The molecule has 0 aromatic heterocycles. The lowest BCUT2D eigenvalue weighted by Crippen LogP contribution is -2.52. The molecule has 1 aromatic carbocycles. The van der Waals surface area contributed by atoms with E-state index >= 15 is 0 Å². The molecular weight excluding hydrogens is 276 g/mol. The minimum absolute atomic E-state index is 0.0715. The second-order valence-corrected chi connectivity index (χ2v) is 7.08. The van der Waals surface area contributed by atoms with Gasteiger partial charge in [0.2, 0.25) is 0 Å². The molecule has 1 saturated heterocycles. The quantitative estimate of drug-likeness (QED) is 0.921. The van der Waals surface area contributed by atoms with Gasteiger partial charge in [0.25, 0.3) is 5.91 Å². The second-order valence-electron chi connectivity index (χ2n) is 7.08. The topological polar surface area (TPSA) is 41.6 Å². The zero-order valence-corrected chi connectivity index (χ0v) is 13.3. The molecule has 1 saturated carbocycles. The first-order chi connectivity index (χ1) is 10.6. The van der Waals surface area contributed by atoms with Crippen molar-refractivity contribution >= 4 is 5.91 Å². The van der Waals surface area contributed by atoms with Crippen LogP contribution in [0.15, 0.2) is 24.3 Å². The highest BCUT2D eigenvalue weighted by molar-refractivity contribution is 5.82. The van der Waals surface area contributed by atoms with Crippen molar-refractivity contribution in [3.63, 3.8) is 0 Å². The molecule has 1 N–H and O–H groups in total. The van der Waals surface area contributed by atoms with Crippen LogP contribution in [0.4, 0.5) is 0 Å². The monoisotopic (exact) mass is 300 g/mol. The second kappa shape index (κ2) is 5.36. The van der Waals surface area contributed by atoms with Gasteiger partial charge >= 0.3 is 0 Å². The Kier molecular flexibility index (Phi) is 3.46. The van der Waals surface area contributed by atoms with E-state index < -0.39 is 0 Å². The molecule has 4 heteroatoms. The number of hydrogen-bond acceptors (Lipinski definition) is 3. The Morgan fingerprint density at radius 3 is 3.00 bits per heavy atom. The Bertz CT molecular complexity index is 586. The molecule has 0 bridgehead atoms. The molecule has 1 heterocycles. The highest BCUT2D eigenvalue weighted by atomic mass is 16.5.